The monoisotopic (exact) mass is 563 g/mol. The van der Waals surface area contributed by atoms with Gasteiger partial charge < -0.3 is 18.2 Å². The van der Waals surface area contributed by atoms with E-state index in [0.29, 0.717) is 17.4 Å². The highest BCUT2D eigenvalue weighted by Gasteiger charge is 2.32. The Labute approximate surface area is 221 Å². The number of ether oxygens (including phenoxy) is 1. The van der Waals surface area contributed by atoms with Crippen molar-refractivity contribution in [2.24, 2.45) is 0 Å². The minimum absolute atomic E-state index is 0.00704. The number of halogens is 4. The number of methoxy groups -OCH3 is 1. The molecule has 204 valence electrons. The molecule has 0 saturated heterocycles. The van der Waals surface area contributed by atoms with Gasteiger partial charge in [0.1, 0.15) is 16.5 Å². The van der Waals surface area contributed by atoms with Crippen LogP contribution in [0, 0.1) is 5.82 Å². The maximum Gasteiger partial charge on any atom is 0.416 e. The second-order valence-corrected chi connectivity index (χ2v) is 9.85. The molecule has 1 amide bonds. The van der Waals surface area contributed by atoms with E-state index in [4.69, 9.17) is 13.3 Å². The van der Waals surface area contributed by atoms with Crippen LogP contribution in [0.5, 0.6) is 11.5 Å². The number of amides is 1. The van der Waals surface area contributed by atoms with E-state index in [2.05, 4.69) is 0 Å². The van der Waals surface area contributed by atoms with Crippen LogP contribution in [0.1, 0.15) is 27.2 Å². The fourth-order valence-electron chi connectivity index (χ4n) is 3.69. The zero-order chi connectivity index (χ0) is 28.2. The largest absolute Gasteiger partial charge is 0.493 e. The summed E-state index contributed by atoms with van der Waals surface area (Å²) < 4.78 is 94.5. The average molecular weight is 564 g/mol. The highest BCUT2D eigenvalue weighted by atomic mass is 32.2. The van der Waals surface area contributed by atoms with Crippen molar-refractivity contribution >= 4 is 16.0 Å². The standard InChI is InChI=1S/C27H21F4NO6S/c1-36-24-11-10-18(13-25(24)38-39(34,35)23-9-3-6-20(15-23)27(29,30)31)16-32(17-22-8-4-12-37-22)26(33)19-5-2-7-21(28)14-19/h2-15H,16-17H2,1H3. The van der Waals surface area contributed by atoms with Gasteiger partial charge in [0.25, 0.3) is 5.91 Å². The van der Waals surface area contributed by atoms with Gasteiger partial charge in [0.2, 0.25) is 0 Å². The first-order chi connectivity index (χ1) is 18.5. The summed E-state index contributed by atoms with van der Waals surface area (Å²) in [5.74, 6) is -0.997. The van der Waals surface area contributed by atoms with E-state index in [1.54, 1.807) is 18.2 Å². The van der Waals surface area contributed by atoms with Crippen molar-refractivity contribution in [2.75, 3.05) is 7.11 Å². The van der Waals surface area contributed by atoms with E-state index in [9.17, 15) is 30.8 Å². The average Bonchev–Trinajstić information content (AvgIpc) is 3.41. The molecule has 0 bridgehead atoms. The van der Waals surface area contributed by atoms with E-state index in [0.717, 1.165) is 24.3 Å². The first-order valence-electron chi connectivity index (χ1n) is 11.3. The Morgan fingerprint density at radius 3 is 2.36 bits per heavy atom. The van der Waals surface area contributed by atoms with E-state index in [-0.39, 0.29) is 30.2 Å². The van der Waals surface area contributed by atoms with Gasteiger partial charge in [-0.2, -0.15) is 21.6 Å². The van der Waals surface area contributed by atoms with Gasteiger partial charge in [-0.15, -0.1) is 0 Å². The zero-order valence-corrected chi connectivity index (χ0v) is 21.1. The van der Waals surface area contributed by atoms with Crippen molar-refractivity contribution in [3.63, 3.8) is 0 Å². The van der Waals surface area contributed by atoms with Crippen LogP contribution in [-0.4, -0.2) is 26.3 Å². The lowest BCUT2D eigenvalue weighted by atomic mass is 10.1. The van der Waals surface area contributed by atoms with Crippen molar-refractivity contribution in [1.82, 2.24) is 4.90 Å². The molecular formula is C27H21F4NO6S. The van der Waals surface area contributed by atoms with E-state index in [1.165, 1.54) is 48.6 Å². The number of carbonyl (C=O) groups excluding carboxylic acids is 1. The normalized spacial score (nSPS) is 11.7. The molecule has 0 fully saturated rings. The molecule has 39 heavy (non-hydrogen) atoms. The van der Waals surface area contributed by atoms with Crippen molar-refractivity contribution in [3.05, 3.63) is 113 Å². The summed E-state index contributed by atoms with van der Waals surface area (Å²) in [5.41, 5.74) is -0.683. The van der Waals surface area contributed by atoms with Crippen molar-refractivity contribution in [1.29, 1.82) is 0 Å². The Bertz CT molecular complexity index is 1570. The number of furan rings is 1. The first kappa shape index (κ1) is 27.7. The molecule has 0 unspecified atom stereocenters. The Hall–Kier alpha value is -4.32. The third-order valence-corrected chi connectivity index (χ3v) is 6.77. The number of hydrogen-bond acceptors (Lipinski definition) is 6. The number of carbonyl (C=O) groups is 1. The molecule has 0 N–H and O–H groups in total. The molecule has 12 heteroatoms. The summed E-state index contributed by atoms with van der Waals surface area (Å²) in [5, 5.41) is 0. The fraction of sp³-hybridized carbons (Fsp3) is 0.148. The SMILES string of the molecule is COc1ccc(CN(Cc2ccco2)C(=O)c2cccc(F)c2)cc1OS(=O)(=O)c1cccc(C(F)(F)F)c1. The summed E-state index contributed by atoms with van der Waals surface area (Å²) in [4.78, 5) is 13.9. The molecule has 0 saturated carbocycles. The van der Waals surface area contributed by atoms with Crippen LogP contribution in [0.3, 0.4) is 0 Å². The number of nitrogens with zero attached hydrogens (tertiary/aromatic N) is 1. The highest BCUT2D eigenvalue weighted by molar-refractivity contribution is 7.87. The van der Waals surface area contributed by atoms with Crippen LogP contribution in [0.25, 0.3) is 0 Å². The molecule has 0 aliphatic heterocycles. The summed E-state index contributed by atoms with van der Waals surface area (Å²) in [6, 6.07) is 15.8. The van der Waals surface area contributed by atoms with Crippen molar-refractivity contribution in [3.8, 4) is 11.5 Å². The molecule has 4 rings (SSSR count). The summed E-state index contributed by atoms with van der Waals surface area (Å²) >= 11 is 0. The summed E-state index contributed by atoms with van der Waals surface area (Å²) in [6.45, 7) is -0.0763. The van der Waals surface area contributed by atoms with Crippen molar-refractivity contribution in [2.45, 2.75) is 24.2 Å². The molecule has 0 spiro atoms. The molecular weight excluding hydrogens is 542 g/mol. The first-order valence-corrected chi connectivity index (χ1v) is 12.7. The molecule has 0 aliphatic rings. The maximum absolute atomic E-state index is 13.8. The molecule has 0 radical (unpaired) electrons. The smallest absolute Gasteiger partial charge is 0.416 e. The van der Waals surface area contributed by atoms with Crippen LogP contribution >= 0.6 is 0 Å². The zero-order valence-electron chi connectivity index (χ0n) is 20.3. The fourth-order valence-corrected chi connectivity index (χ4v) is 4.67. The lowest BCUT2D eigenvalue weighted by Gasteiger charge is -2.23. The van der Waals surface area contributed by atoms with Crippen LogP contribution in [0.15, 0.2) is 94.4 Å². The lowest BCUT2D eigenvalue weighted by Crippen LogP contribution is -2.30. The minimum Gasteiger partial charge on any atom is -0.493 e. The molecule has 7 nitrogen and oxygen atoms in total. The van der Waals surface area contributed by atoms with Gasteiger partial charge in [-0.3, -0.25) is 4.79 Å². The Balaban J connectivity index is 1.65. The van der Waals surface area contributed by atoms with Crippen molar-refractivity contribution < 1.29 is 44.1 Å². The van der Waals surface area contributed by atoms with E-state index in [1.807, 2.05) is 0 Å². The summed E-state index contributed by atoms with van der Waals surface area (Å²) in [7, 11) is -3.44. The van der Waals surface area contributed by atoms with E-state index < -0.39 is 38.5 Å². The quantitative estimate of drug-likeness (QED) is 0.182. The number of benzene rings is 3. The Morgan fingerprint density at radius 2 is 1.69 bits per heavy atom. The molecule has 1 aromatic heterocycles. The van der Waals surface area contributed by atoms with Crippen LogP contribution in [0.4, 0.5) is 17.6 Å². The van der Waals surface area contributed by atoms with Crippen LogP contribution in [0.2, 0.25) is 0 Å². The maximum atomic E-state index is 13.8. The Morgan fingerprint density at radius 1 is 0.923 bits per heavy atom. The predicted molar refractivity (Wildman–Crippen MR) is 131 cm³/mol. The lowest BCUT2D eigenvalue weighted by molar-refractivity contribution is -0.137. The molecule has 4 aromatic rings. The number of alkyl halides is 3. The molecule has 3 aromatic carbocycles. The minimum atomic E-state index is -4.76. The Kier molecular flexibility index (Phi) is 7.95. The third-order valence-electron chi connectivity index (χ3n) is 5.54. The van der Waals surface area contributed by atoms with E-state index >= 15 is 0 Å². The van der Waals surface area contributed by atoms with Gasteiger partial charge in [0, 0.05) is 12.1 Å². The highest BCUT2D eigenvalue weighted by Crippen LogP contribution is 2.34. The van der Waals surface area contributed by atoms with Gasteiger partial charge in [0.15, 0.2) is 11.5 Å². The van der Waals surface area contributed by atoms with Gasteiger partial charge in [-0.25, -0.2) is 4.39 Å². The molecule has 0 atom stereocenters. The number of hydrogen-bond donors (Lipinski definition) is 0. The van der Waals surface area contributed by atoms with Gasteiger partial charge in [-0.05, 0) is 66.2 Å². The van der Waals surface area contributed by atoms with Crippen LogP contribution < -0.4 is 8.92 Å². The van der Waals surface area contributed by atoms with Gasteiger partial charge >= 0.3 is 16.3 Å². The predicted octanol–water partition coefficient (Wildman–Crippen LogP) is 6.06. The molecule has 0 aliphatic carbocycles. The summed E-state index contributed by atoms with van der Waals surface area (Å²) in [6.07, 6.45) is -3.33. The van der Waals surface area contributed by atoms with Crippen LogP contribution in [-0.2, 0) is 29.4 Å². The topological polar surface area (TPSA) is 86.0 Å². The second-order valence-electron chi connectivity index (χ2n) is 8.30. The second kappa shape index (κ2) is 11.2. The van der Waals surface area contributed by atoms with Gasteiger partial charge in [0.05, 0.1) is 25.5 Å². The van der Waals surface area contributed by atoms with Gasteiger partial charge in [-0.1, -0.05) is 18.2 Å². The molecule has 1 heterocycles. The third kappa shape index (κ3) is 6.77. The number of rotatable bonds is 9.